The van der Waals surface area contributed by atoms with Crippen LogP contribution in [0.5, 0.6) is 0 Å². The SMILES string of the molecule is C=CCNC(CCCC)c1cc(F)cc(F)c1. The molecule has 94 valence electrons. The third-order valence-electron chi connectivity index (χ3n) is 2.64. The molecule has 0 heterocycles. The Balaban J connectivity index is 2.82. The lowest BCUT2D eigenvalue weighted by atomic mass is 10.0. The summed E-state index contributed by atoms with van der Waals surface area (Å²) in [5, 5.41) is 3.22. The highest BCUT2D eigenvalue weighted by Crippen LogP contribution is 2.21. The van der Waals surface area contributed by atoms with Crippen LogP contribution in [-0.2, 0) is 0 Å². The predicted octanol–water partition coefficient (Wildman–Crippen LogP) is 3.97. The first-order valence-corrected chi connectivity index (χ1v) is 5.97. The molecule has 0 aliphatic carbocycles. The number of hydrogen-bond donors (Lipinski definition) is 1. The van der Waals surface area contributed by atoms with Gasteiger partial charge in [-0.1, -0.05) is 25.8 Å². The van der Waals surface area contributed by atoms with Crippen molar-refractivity contribution in [1.82, 2.24) is 5.32 Å². The van der Waals surface area contributed by atoms with Gasteiger partial charge in [0.25, 0.3) is 0 Å². The summed E-state index contributed by atoms with van der Waals surface area (Å²) < 4.78 is 26.3. The van der Waals surface area contributed by atoms with E-state index >= 15 is 0 Å². The average Bonchev–Trinajstić information content (AvgIpc) is 2.28. The molecule has 1 aromatic carbocycles. The Morgan fingerprint density at radius 2 is 1.94 bits per heavy atom. The molecule has 0 saturated heterocycles. The Morgan fingerprint density at radius 1 is 1.29 bits per heavy atom. The summed E-state index contributed by atoms with van der Waals surface area (Å²) in [5.41, 5.74) is 0.665. The van der Waals surface area contributed by atoms with Crippen molar-refractivity contribution < 1.29 is 8.78 Å². The molecule has 1 unspecified atom stereocenters. The standard InChI is InChI=1S/C14H19F2N/c1-3-5-6-14(17-7-4-2)11-8-12(15)10-13(16)9-11/h4,8-10,14,17H,2-3,5-7H2,1H3. The molecule has 1 nitrogen and oxygen atoms in total. The zero-order valence-electron chi connectivity index (χ0n) is 10.2. The summed E-state index contributed by atoms with van der Waals surface area (Å²) >= 11 is 0. The zero-order valence-corrected chi connectivity index (χ0v) is 10.2. The molecule has 1 N–H and O–H groups in total. The van der Waals surface area contributed by atoms with E-state index in [1.165, 1.54) is 12.1 Å². The van der Waals surface area contributed by atoms with Crippen LogP contribution in [0.1, 0.15) is 37.8 Å². The minimum Gasteiger partial charge on any atom is -0.306 e. The maximum Gasteiger partial charge on any atom is 0.126 e. The van der Waals surface area contributed by atoms with E-state index in [9.17, 15) is 8.78 Å². The van der Waals surface area contributed by atoms with Gasteiger partial charge < -0.3 is 5.32 Å². The zero-order chi connectivity index (χ0) is 12.7. The maximum atomic E-state index is 13.1. The molecule has 0 aliphatic heterocycles. The van der Waals surface area contributed by atoms with Crippen molar-refractivity contribution in [3.63, 3.8) is 0 Å². The Labute approximate surface area is 102 Å². The van der Waals surface area contributed by atoms with E-state index in [1.807, 2.05) is 0 Å². The van der Waals surface area contributed by atoms with Crippen LogP contribution >= 0.6 is 0 Å². The highest BCUT2D eigenvalue weighted by molar-refractivity contribution is 5.21. The van der Waals surface area contributed by atoms with Crippen LogP contribution in [0.3, 0.4) is 0 Å². The molecule has 0 radical (unpaired) electrons. The monoisotopic (exact) mass is 239 g/mol. The van der Waals surface area contributed by atoms with Crippen LogP contribution in [0, 0.1) is 11.6 Å². The number of benzene rings is 1. The smallest absolute Gasteiger partial charge is 0.126 e. The topological polar surface area (TPSA) is 12.0 Å². The van der Waals surface area contributed by atoms with Crippen molar-refractivity contribution in [2.24, 2.45) is 0 Å². The quantitative estimate of drug-likeness (QED) is 0.710. The van der Waals surface area contributed by atoms with Gasteiger partial charge in [-0.25, -0.2) is 8.78 Å². The number of halogens is 2. The van der Waals surface area contributed by atoms with E-state index in [0.29, 0.717) is 12.1 Å². The van der Waals surface area contributed by atoms with Gasteiger partial charge in [-0.15, -0.1) is 6.58 Å². The normalized spacial score (nSPS) is 12.4. The van der Waals surface area contributed by atoms with Crippen LogP contribution in [-0.4, -0.2) is 6.54 Å². The van der Waals surface area contributed by atoms with Crippen molar-refractivity contribution in [3.8, 4) is 0 Å². The molecule has 0 aliphatic rings. The summed E-state index contributed by atoms with van der Waals surface area (Å²) in [4.78, 5) is 0. The van der Waals surface area contributed by atoms with E-state index in [-0.39, 0.29) is 6.04 Å². The van der Waals surface area contributed by atoms with Crippen LogP contribution in [0.4, 0.5) is 8.78 Å². The van der Waals surface area contributed by atoms with E-state index in [0.717, 1.165) is 25.3 Å². The number of rotatable bonds is 7. The number of unbranched alkanes of at least 4 members (excludes halogenated alkanes) is 1. The molecular weight excluding hydrogens is 220 g/mol. The number of nitrogens with one attached hydrogen (secondary N) is 1. The largest absolute Gasteiger partial charge is 0.306 e. The van der Waals surface area contributed by atoms with Gasteiger partial charge in [0, 0.05) is 18.7 Å². The summed E-state index contributed by atoms with van der Waals surface area (Å²) in [5.74, 6) is -1.05. The number of hydrogen-bond acceptors (Lipinski definition) is 1. The van der Waals surface area contributed by atoms with E-state index in [1.54, 1.807) is 6.08 Å². The van der Waals surface area contributed by atoms with Crippen molar-refractivity contribution in [2.45, 2.75) is 32.2 Å². The lowest BCUT2D eigenvalue weighted by Gasteiger charge is -2.18. The van der Waals surface area contributed by atoms with E-state index < -0.39 is 11.6 Å². The summed E-state index contributed by atoms with van der Waals surface area (Å²) in [6, 6.07) is 3.66. The van der Waals surface area contributed by atoms with Crippen molar-refractivity contribution in [3.05, 3.63) is 48.1 Å². The second kappa shape index (κ2) is 7.17. The van der Waals surface area contributed by atoms with Crippen molar-refractivity contribution in [1.29, 1.82) is 0 Å². The molecule has 0 spiro atoms. The molecule has 3 heteroatoms. The minimum atomic E-state index is -0.526. The summed E-state index contributed by atoms with van der Waals surface area (Å²) in [6.45, 7) is 6.36. The lowest BCUT2D eigenvalue weighted by molar-refractivity contribution is 0.494. The van der Waals surface area contributed by atoms with Gasteiger partial charge in [-0.05, 0) is 24.1 Å². The first-order valence-electron chi connectivity index (χ1n) is 5.97. The molecule has 0 fully saturated rings. The van der Waals surface area contributed by atoms with Crippen molar-refractivity contribution >= 4 is 0 Å². The Bertz CT molecular complexity index is 343. The van der Waals surface area contributed by atoms with Gasteiger partial charge >= 0.3 is 0 Å². The van der Waals surface area contributed by atoms with Crippen LogP contribution in [0.2, 0.25) is 0 Å². The molecule has 1 aromatic rings. The first kappa shape index (κ1) is 13.8. The van der Waals surface area contributed by atoms with Gasteiger partial charge in [0.1, 0.15) is 11.6 Å². The molecule has 1 rings (SSSR count). The second-order valence-corrected chi connectivity index (χ2v) is 4.09. The molecule has 0 bridgehead atoms. The molecule has 0 saturated carbocycles. The molecule has 17 heavy (non-hydrogen) atoms. The minimum absolute atomic E-state index is 0.0156. The van der Waals surface area contributed by atoms with Gasteiger partial charge in [0.05, 0.1) is 0 Å². The Morgan fingerprint density at radius 3 is 2.47 bits per heavy atom. The fourth-order valence-electron chi connectivity index (χ4n) is 1.80. The van der Waals surface area contributed by atoms with Gasteiger partial charge in [-0.3, -0.25) is 0 Å². The van der Waals surface area contributed by atoms with Gasteiger partial charge in [0.15, 0.2) is 0 Å². The first-order chi connectivity index (χ1) is 8.17. The maximum absolute atomic E-state index is 13.1. The molecule has 1 atom stereocenters. The fourth-order valence-corrected chi connectivity index (χ4v) is 1.80. The fraction of sp³-hybridized carbons (Fsp3) is 0.429. The third kappa shape index (κ3) is 4.65. The Hall–Kier alpha value is -1.22. The molecule has 0 amide bonds. The van der Waals surface area contributed by atoms with Crippen LogP contribution in [0.15, 0.2) is 30.9 Å². The summed E-state index contributed by atoms with van der Waals surface area (Å²) in [7, 11) is 0. The van der Waals surface area contributed by atoms with E-state index in [4.69, 9.17) is 0 Å². The van der Waals surface area contributed by atoms with E-state index in [2.05, 4.69) is 18.8 Å². The van der Waals surface area contributed by atoms with Crippen LogP contribution < -0.4 is 5.32 Å². The highest BCUT2D eigenvalue weighted by Gasteiger charge is 2.12. The van der Waals surface area contributed by atoms with Crippen molar-refractivity contribution in [2.75, 3.05) is 6.54 Å². The average molecular weight is 239 g/mol. The lowest BCUT2D eigenvalue weighted by Crippen LogP contribution is -2.21. The Kier molecular flexibility index (Phi) is 5.84. The molecule has 0 aromatic heterocycles. The highest BCUT2D eigenvalue weighted by atomic mass is 19.1. The second-order valence-electron chi connectivity index (χ2n) is 4.09. The van der Waals surface area contributed by atoms with Gasteiger partial charge in [0.2, 0.25) is 0 Å². The molecular formula is C14H19F2N. The third-order valence-corrected chi connectivity index (χ3v) is 2.64. The summed E-state index contributed by atoms with van der Waals surface area (Å²) in [6.07, 6.45) is 4.69. The predicted molar refractivity (Wildman–Crippen MR) is 66.8 cm³/mol. The van der Waals surface area contributed by atoms with Crippen LogP contribution in [0.25, 0.3) is 0 Å². The van der Waals surface area contributed by atoms with Gasteiger partial charge in [-0.2, -0.15) is 0 Å².